The summed E-state index contributed by atoms with van der Waals surface area (Å²) in [6.45, 7) is -0.468. The van der Waals surface area contributed by atoms with E-state index in [4.69, 9.17) is 21.6 Å². The zero-order valence-electron chi connectivity index (χ0n) is 17.1. The van der Waals surface area contributed by atoms with Gasteiger partial charge in [-0.25, -0.2) is 4.79 Å². The number of nitrogens with one attached hydrogen (secondary N) is 1. The summed E-state index contributed by atoms with van der Waals surface area (Å²) in [6.07, 6.45) is -0.265. The van der Waals surface area contributed by atoms with Crippen LogP contribution in [0, 0.1) is 11.3 Å². The van der Waals surface area contributed by atoms with Crippen molar-refractivity contribution in [3.63, 3.8) is 0 Å². The van der Waals surface area contributed by atoms with Crippen molar-refractivity contribution in [2.45, 2.75) is 16.2 Å². The van der Waals surface area contributed by atoms with Crippen molar-refractivity contribution >= 4 is 58.2 Å². The van der Waals surface area contributed by atoms with Crippen LogP contribution in [-0.4, -0.2) is 24.4 Å². The third-order valence-electron chi connectivity index (χ3n) is 4.71. The number of anilines is 3. The lowest BCUT2D eigenvalue weighted by molar-refractivity contribution is -0.121. The van der Waals surface area contributed by atoms with Gasteiger partial charge in [0, 0.05) is 20.5 Å². The lowest BCUT2D eigenvalue weighted by Gasteiger charge is -2.31. The van der Waals surface area contributed by atoms with Gasteiger partial charge >= 0.3 is 5.97 Å². The molecule has 0 fully saturated rings. The highest BCUT2D eigenvalue weighted by molar-refractivity contribution is 7.99. The molecule has 0 radical (unpaired) electrons. The number of nitriles is 1. The maximum atomic E-state index is 13.1. The number of fused-ring (bicyclic) bond motifs is 2. The molecular weight excluding hydrogens is 462 g/mol. The number of hydrogen-bond acceptors (Lipinski definition) is 6. The van der Waals surface area contributed by atoms with Gasteiger partial charge in [0.15, 0.2) is 6.61 Å². The number of benzene rings is 3. The van der Waals surface area contributed by atoms with Crippen LogP contribution in [-0.2, 0) is 14.3 Å². The second-order valence-corrected chi connectivity index (χ2v) is 8.47. The van der Waals surface area contributed by atoms with Gasteiger partial charge < -0.3 is 10.1 Å². The van der Waals surface area contributed by atoms with Gasteiger partial charge in [0.2, 0.25) is 5.91 Å². The fourth-order valence-corrected chi connectivity index (χ4v) is 4.44. The lowest BCUT2D eigenvalue weighted by atomic mass is 10.2. The summed E-state index contributed by atoms with van der Waals surface area (Å²) in [6, 6.07) is 20.5. The second-order valence-electron chi connectivity index (χ2n) is 6.95. The van der Waals surface area contributed by atoms with E-state index in [1.54, 1.807) is 18.2 Å². The minimum atomic E-state index is -0.677. The Labute approximate surface area is 198 Å². The fraction of sp³-hybridized carbons (Fsp3) is 0.0833. The first-order valence-electron chi connectivity index (χ1n) is 9.79. The number of rotatable bonds is 5. The van der Waals surface area contributed by atoms with Crippen LogP contribution in [0.25, 0.3) is 0 Å². The molecule has 0 saturated carbocycles. The Morgan fingerprint density at radius 1 is 1.00 bits per heavy atom. The molecule has 0 spiro atoms. The first-order chi connectivity index (χ1) is 16.0. The van der Waals surface area contributed by atoms with Crippen molar-refractivity contribution in [3.05, 3.63) is 77.3 Å². The maximum Gasteiger partial charge on any atom is 0.338 e. The zero-order chi connectivity index (χ0) is 23.4. The van der Waals surface area contributed by atoms with Crippen molar-refractivity contribution in [2.24, 2.45) is 0 Å². The van der Waals surface area contributed by atoms with E-state index in [0.29, 0.717) is 22.1 Å². The van der Waals surface area contributed by atoms with Crippen molar-refractivity contribution in [3.8, 4) is 6.07 Å². The first-order valence-corrected chi connectivity index (χ1v) is 11.0. The van der Waals surface area contributed by atoms with Crippen LogP contribution < -0.4 is 10.2 Å². The summed E-state index contributed by atoms with van der Waals surface area (Å²) < 4.78 is 5.26. The molecule has 0 aromatic heterocycles. The quantitative estimate of drug-likeness (QED) is 0.508. The minimum Gasteiger partial charge on any atom is -0.452 e. The molecule has 7 nitrogen and oxygen atoms in total. The Hall–Kier alpha value is -3.80. The maximum absolute atomic E-state index is 13.1. The predicted molar refractivity (Wildman–Crippen MR) is 125 cm³/mol. The molecule has 3 aromatic rings. The Balaban J connectivity index is 1.47. The Morgan fingerprint density at radius 3 is 2.48 bits per heavy atom. The summed E-state index contributed by atoms with van der Waals surface area (Å²) >= 11 is 7.70. The van der Waals surface area contributed by atoms with E-state index >= 15 is 0 Å². The number of esters is 1. The highest BCUT2D eigenvalue weighted by Crippen LogP contribution is 2.48. The molecule has 1 N–H and O–H groups in total. The van der Waals surface area contributed by atoms with Gasteiger partial charge in [0.05, 0.1) is 23.0 Å². The number of ether oxygens (including phenoxy) is 1. The highest BCUT2D eigenvalue weighted by Gasteiger charge is 2.29. The SMILES string of the molecule is N#CCC(=O)Nc1ccc(C(=O)OCC(=O)N2c3ccccc3Sc3ccc(Cl)cc32)cc1. The molecule has 0 saturated heterocycles. The van der Waals surface area contributed by atoms with E-state index in [9.17, 15) is 14.4 Å². The minimum absolute atomic E-state index is 0.221. The van der Waals surface area contributed by atoms with Crippen LogP contribution in [0.1, 0.15) is 16.8 Å². The molecule has 0 bridgehead atoms. The highest BCUT2D eigenvalue weighted by atomic mass is 35.5. The molecule has 33 heavy (non-hydrogen) atoms. The topological polar surface area (TPSA) is 99.5 Å². The zero-order valence-corrected chi connectivity index (χ0v) is 18.7. The largest absolute Gasteiger partial charge is 0.452 e. The van der Waals surface area contributed by atoms with Crippen molar-refractivity contribution in [1.29, 1.82) is 5.26 Å². The molecule has 4 rings (SSSR count). The number of halogens is 1. The van der Waals surface area contributed by atoms with E-state index in [1.165, 1.54) is 40.9 Å². The molecule has 164 valence electrons. The summed E-state index contributed by atoms with van der Waals surface area (Å²) in [7, 11) is 0. The summed E-state index contributed by atoms with van der Waals surface area (Å²) in [5.74, 6) is -1.54. The molecule has 1 heterocycles. The Morgan fingerprint density at radius 2 is 1.73 bits per heavy atom. The van der Waals surface area contributed by atoms with Gasteiger partial charge in [-0.15, -0.1) is 0 Å². The third kappa shape index (κ3) is 5.00. The van der Waals surface area contributed by atoms with Gasteiger partial charge in [-0.1, -0.05) is 35.5 Å². The van der Waals surface area contributed by atoms with E-state index in [0.717, 1.165) is 9.79 Å². The average Bonchev–Trinajstić information content (AvgIpc) is 2.81. The fourth-order valence-electron chi connectivity index (χ4n) is 3.24. The van der Waals surface area contributed by atoms with Crippen LogP contribution in [0.3, 0.4) is 0 Å². The van der Waals surface area contributed by atoms with Gasteiger partial charge in [-0.05, 0) is 54.6 Å². The summed E-state index contributed by atoms with van der Waals surface area (Å²) in [4.78, 5) is 40.4. The standard InChI is InChI=1S/C24H16ClN3O4S/c25-16-7-10-21-19(13-16)28(18-3-1-2-4-20(18)33-21)23(30)14-32-24(31)15-5-8-17(9-6-15)27-22(29)11-12-26/h1-10,13H,11,14H2,(H,27,29). The van der Waals surface area contributed by atoms with E-state index < -0.39 is 24.4 Å². The predicted octanol–water partition coefficient (Wildman–Crippen LogP) is 5.18. The third-order valence-corrected chi connectivity index (χ3v) is 6.07. The monoisotopic (exact) mass is 477 g/mol. The molecule has 9 heteroatoms. The molecule has 2 amide bonds. The van der Waals surface area contributed by atoms with Gasteiger partial charge in [0.1, 0.15) is 6.42 Å². The van der Waals surface area contributed by atoms with E-state index in [1.807, 2.05) is 30.3 Å². The average molecular weight is 478 g/mol. The number of amides is 2. The molecule has 0 unspecified atom stereocenters. The number of para-hydroxylation sites is 1. The molecule has 0 atom stereocenters. The van der Waals surface area contributed by atoms with Gasteiger partial charge in [-0.2, -0.15) is 5.26 Å². The van der Waals surface area contributed by atoms with Gasteiger partial charge in [0.25, 0.3) is 5.91 Å². The Kier molecular flexibility index (Phi) is 6.63. The van der Waals surface area contributed by atoms with Crippen LogP contribution >= 0.6 is 23.4 Å². The van der Waals surface area contributed by atoms with Crippen LogP contribution in [0.4, 0.5) is 17.1 Å². The molecular formula is C24H16ClN3O4S. The number of hydrogen-bond donors (Lipinski definition) is 1. The lowest BCUT2D eigenvalue weighted by Crippen LogP contribution is -2.32. The number of nitrogens with zero attached hydrogens (tertiary/aromatic N) is 2. The first kappa shape index (κ1) is 22.4. The number of carbonyl (C=O) groups is 3. The molecule has 1 aliphatic rings. The van der Waals surface area contributed by atoms with Crippen LogP contribution in [0.15, 0.2) is 76.5 Å². The number of carbonyl (C=O) groups excluding carboxylic acids is 3. The molecule has 0 aliphatic carbocycles. The van der Waals surface area contributed by atoms with Crippen molar-refractivity contribution in [2.75, 3.05) is 16.8 Å². The summed E-state index contributed by atoms with van der Waals surface area (Å²) in [5, 5.41) is 11.6. The smallest absolute Gasteiger partial charge is 0.338 e. The second kappa shape index (κ2) is 9.77. The van der Waals surface area contributed by atoms with E-state index in [-0.39, 0.29) is 12.0 Å². The Bertz CT molecular complexity index is 1290. The van der Waals surface area contributed by atoms with Crippen molar-refractivity contribution in [1.82, 2.24) is 0 Å². The molecule has 3 aromatic carbocycles. The summed E-state index contributed by atoms with van der Waals surface area (Å²) in [5.41, 5.74) is 1.98. The van der Waals surface area contributed by atoms with Gasteiger partial charge in [-0.3, -0.25) is 14.5 Å². The normalized spacial score (nSPS) is 11.6. The molecule has 1 aliphatic heterocycles. The van der Waals surface area contributed by atoms with Crippen LogP contribution in [0.5, 0.6) is 0 Å². The van der Waals surface area contributed by atoms with E-state index in [2.05, 4.69) is 5.32 Å². The van der Waals surface area contributed by atoms with Crippen LogP contribution in [0.2, 0.25) is 5.02 Å². The van der Waals surface area contributed by atoms with Crippen molar-refractivity contribution < 1.29 is 19.1 Å².